The van der Waals surface area contributed by atoms with Gasteiger partial charge in [-0.15, -0.1) is 0 Å². The number of rotatable bonds is 7. The maximum atomic E-state index is 13.0. The number of ether oxygens (including phenoxy) is 1. The molecule has 6 nitrogen and oxygen atoms in total. The Morgan fingerprint density at radius 2 is 2.00 bits per heavy atom. The van der Waals surface area contributed by atoms with Gasteiger partial charge in [0.25, 0.3) is 5.91 Å². The van der Waals surface area contributed by atoms with Crippen molar-refractivity contribution in [1.29, 1.82) is 0 Å². The first-order valence-corrected chi connectivity index (χ1v) is 11.1. The molecule has 2 aliphatic rings. The lowest BCUT2D eigenvalue weighted by Gasteiger charge is -2.28. The predicted molar refractivity (Wildman–Crippen MR) is 116 cm³/mol. The van der Waals surface area contributed by atoms with Crippen molar-refractivity contribution in [3.05, 3.63) is 53.7 Å². The number of halogens is 3. The SMILES string of the molecule is C[C@H](NC(=O)COC(=O)c1cccnc1Nc1cccc(C(F)(F)F)c1)[C@H]1C[C@H]2CC[C@H]1C2. The highest BCUT2D eigenvalue weighted by molar-refractivity contribution is 5.96. The summed E-state index contributed by atoms with van der Waals surface area (Å²) in [5.41, 5.74) is -0.687. The van der Waals surface area contributed by atoms with E-state index in [0.717, 1.165) is 24.5 Å². The molecule has 0 spiro atoms. The van der Waals surface area contributed by atoms with Crippen molar-refractivity contribution in [3.8, 4) is 0 Å². The number of fused-ring (bicyclic) bond motifs is 2. The summed E-state index contributed by atoms with van der Waals surface area (Å²) >= 11 is 0. The van der Waals surface area contributed by atoms with Gasteiger partial charge in [0.05, 0.1) is 5.56 Å². The number of esters is 1. The summed E-state index contributed by atoms with van der Waals surface area (Å²) in [4.78, 5) is 28.9. The zero-order valence-corrected chi connectivity index (χ0v) is 18.2. The second kappa shape index (κ2) is 9.41. The van der Waals surface area contributed by atoms with Gasteiger partial charge in [0.2, 0.25) is 0 Å². The number of carbonyl (C=O) groups excluding carboxylic acids is 2. The number of aromatic nitrogens is 1. The van der Waals surface area contributed by atoms with E-state index in [9.17, 15) is 22.8 Å². The molecule has 2 aromatic rings. The Kier molecular flexibility index (Phi) is 6.58. The van der Waals surface area contributed by atoms with Gasteiger partial charge in [0.15, 0.2) is 6.61 Å². The monoisotopic (exact) mass is 461 g/mol. The quantitative estimate of drug-likeness (QED) is 0.571. The number of hydrogen-bond acceptors (Lipinski definition) is 5. The smallest absolute Gasteiger partial charge is 0.416 e. The van der Waals surface area contributed by atoms with Gasteiger partial charge in [-0.05, 0) is 74.3 Å². The lowest BCUT2D eigenvalue weighted by molar-refractivity contribution is -0.137. The van der Waals surface area contributed by atoms with E-state index >= 15 is 0 Å². The van der Waals surface area contributed by atoms with E-state index in [1.54, 1.807) is 0 Å². The van der Waals surface area contributed by atoms with E-state index in [0.29, 0.717) is 11.8 Å². The van der Waals surface area contributed by atoms with Crippen molar-refractivity contribution < 1.29 is 27.5 Å². The second-order valence-corrected chi connectivity index (χ2v) is 8.87. The summed E-state index contributed by atoms with van der Waals surface area (Å²) in [6.07, 6.45) is 1.77. The minimum Gasteiger partial charge on any atom is -0.452 e. The third kappa shape index (κ3) is 5.46. The molecule has 0 aliphatic heterocycles. The minimum absolute atomic E-state index is 0.0167. The summed E-state index contributed by atoms with van der Waals surface area (Å²) in [6, 6.07) is 7.52. The number of nitrogens with one attached hydrogen (secondary N) is 2. The average molecular weight is 461 g/mol. The highest BCUT2D eigenvalue weighted by atomic mass is 19.4. The summed E-state index contributed by atoms with van der Waals surface area (Å²) in [6.45, 7) is 1.55. The second-order valence-electron chi connectivity index (χ2n) is 8.87. The molecule has 33 heavy (non-hydrogen) atoms. The number of pyridine rings is 1. The summed E-state index contributed by atoms with van der Waals surface area (Å²) in [7, 11) is 0. The van der Waals surface area contributed by atoms with Gasteiger partial charge in [-0.3, -0.25) is 4.79 Å². The van der Waals surface area contributed by atoms with Gasteiger partial charge >= 0.3 is 12.1 Å². The normalized spacial score (nSPS) is 22.6. The van der Waals surface area contributed by atoms with E-state index in [-0.39, 0.29) is 29.0 Å². The van der Waals surface area contributed by atoms with E-state index in [1.807, 2.05) is 6.92 Å². The molecule has 2 saturated carbocycles. The molecule has 4 atom stereocenters. The van der Waals surface area contributed by atoms with Gasteiger partial charge in [-0.1, -0.05) is 12.5 Å². The largest absolute Gasteiger partial charge is 0.452 e. The Bertz CT molecular complexity index is 1030. The van der Waals surface area contributed by atoms with Crippen molar-refractivity contribution in [2.75, 3.05) is 11.9 Å². The van der Waals surface area contributed by atoms with Gasteiger partial charge < -0.3 is 15.4 Å². The number of carbonyl (C=O) groups is 2. The Morgan fingerprint density at radius 1 is 1.18 bits per heavy atom. The Morgan fingerprint density at radius 3 is 2.70 bits per heavy atom. The lowest BCUT2D eigenvalue weighted by atomic mass is 9.84. The number of alkyl halides is 3. The molecule has 176 valence electrons. The lowest BCUT2D eigenvalue weighted by Crippen LogP contribution is -2.42. The third-order valence-electron chi connectivity index (χ3n) is 6.64. The molecule has 2 fully saturated rings. The number of benzene rings is 1. The van der Waals surface area contributed by atoms with Crippen LogP contribution in [0.4, 0.5) is 24.7 Å². The maximum Gasteiger partial charge on any atom is 0.416 e. The van der Waals surface area contributed by atoms with Crippen molar-refractivity contribution in [1.82, 2.24) is 10.3 Å². The van der Waals surface area contributed by atoms with Crippen LogP contribution in [0.25, 0.3) is 0 Å². The van der Waals surface area contributed by atoms with Gasteiger partial charge in [0, 0.05) is 17.9 Å². The summed E-state index contributed by atoms with van der Waals surface area (Å²) < 4.78 is 44.1. The molecule has 0 radical (unpaired) electrons. The van der Waals surface area contributed by atoms with Crippen molar-refractivity contribution in [2.24, 2.45) is 17.8 Å². The molecule has 9 heteroatoms. The van der Waals surface area contributed by atoms with Crippen LogP contribution in [0.1, 0.15) is 48.5 Å². The van der Waals surface area contributed by atoms with Gasteiger partial charge in [0.1, 0.15) is 11.4 Å². The number of hydrogen-bond donors (Lipinski definition) is 2. The maximum absolute atomic E-state index is 13.0. The molecular weight excluding hydrogens is 435 g/mol. The fourth-order valence-corrected chi connectivity index (χ4v) is 5.10. The predicted octanol–water partition coefficient (Wildman–Crippen LogP) is 4.94. The average Bonchev–Trinajstić information content (AvgIpc) is 3.41. The first-order chi connectivity index (χ1) is 15.7. The number of amides is 1. The van der Waals surface area contributed by atoms with Crippen molar-refractivity contribution in [2.45, 2.75) is 44.8 Å². The van der Waals surface area contributed by atoms with Gasteiger partial charge in [-0.25, -0.2) is 9.78 Å². The molecule has 1 amide bonds. The van der Waals surface area contributed by atoms with Crippen LogP contribution in [0.2, 0.25) is 0 Å². The molecule has 2 bridgehead atoms. The molecule has 2 aliphatic carbocycles. The van der Waals surface area contributed by atoms with E-state index in [4.69, 9.17) is 4.74 Å². The van der Waals surface area contributed by atoms with E-state index in [2.05, 4.69) is 15.6 Å². The van der Waals surface area contributed by atoms with E-state index in [1.165, 1.54) is 49.7 Å². The van der Waals surface area contributed by atoms with Crippen LogP contribution in [0, 0.1) is 17.8 Å². The topological polar surface area (TPSA) is 80.3 Å². The first-order valence-electron chi connectivity index (χ1n) is 11.1. The van der Waals surface area contributed by atoms with Crippen LogP contribution in [-0.2, 0) is 15.7 Å². The third-order valence-corrected chi connectivity index (χ3v) is 6.64. The fourth-order valence-electron chi connectivity index (χ4n) is 5.10. The molecular formula is C24H26F3N3O3. The van der Waals surface area contributed by atoms with E-state index < -0.39 is 24.3 Å². The van der Waals surface area contributed by atoms with Crippen LogP contribution in [0.15, 0.2) is 42.6 Å². The molecule has 1 aromatic carbocycles. The summed E-state index contributed by atoms with van der Waals surface area (Å²) in [5, 5.41) is 5.66. The zero-order chi connectivity index (χ0) is 23.6. The fraction of sp³-hybridized carbons (Fsp3) is 0.458. The standard InChI is InChI=1S/C24H26F3N3O3/c1-14(20-11-15-7-8-16(20)10-15)29-21(31)13-33-23(32)19-6-3-9-28-22(19)30-18-5-2-4-17(12-18)24(25,26)27/h2-6,9,12,14-16,20H,7-8,10-11,13H2,1H3,(H,28,30)(H,29,31)/t14-,15-,16-,20+/m0/s1. The Balaban J connectivity index is 1.35. The van der Waals surface area contributed by atoms with Gasteiger partial charge in [-0.2, -0.15) is 13.2 Å². The molecule has 1 aromatic heterocycles. The number of nitrogens with zero attached hydrogens (tertiary/aromatic N) is 1. The van der Waals surface area contributed by atoms with Crippen molar-refractivity contribution in [3.63, 3.8) is 0 Å². The highest BCUT2D eigenvalue weighted by Gasteiger charge is 2.42. The summed E-state index contributed by atoms with van der Waals surface area (Å²) in [5.74, 6) is 0.760. The van der Waals surface area contributed by atoms with Crippen LogP contribution < -0.4 is 10.6 Å². The van der Waals surface area contributed by atoms with Crippen LogP contribution in [0.3, 0.4) is 0 Å². The van der Waals surface area contributed by atoms with Crippen molar-refractivity contribution >= 4 is 23.4 Å². The van der Waals surface area contributed by atoms with Crippen LogP contribution >= 0.6 is 0 Å². The molecule has 1 heterocycles. The molecule has 0 unspecified atom stereocenters. The highest BCUT2D eigenvalue weighted by Crippen LogP contribution is 2.49. The first kappa shape index (κ1) is 23.1. The molecule has 2 N–H and O–H groups in total. The molecule has 0 saturated heterocycles. The Hall–Kier alpha value is -3.10. The molecule has 4 rings (SSSR count). The Labute approximate surface area is 189 Å². The minimum atomic E-state index is -4.49. The zero-order valence-electron chi connectivity index (χ0n) is 18.2. The number of anilines is 2. The van der Waals surface area contributed by atoms with Crippen LogP contribution in [-0.4, -0.2) is 29.5 Å². The van der Waals surface area contributed by atoms with Crippen LogP contribution in [0.5, 0.6) is 0 Å².